The number of amides is 1. The molecule has 0 aliphatic carbocycles. The number of nitrogens with one attached hydrogen (secondary N) is 1. The quantitative estimate of drug-likeness (QED) is 0.784. The molecule has 1 unspecified atom stereocenters. The minimum Gasteiger partial charge on any atom is -0.392 e. The number of hydrazine groups is 1. The average molecular weight is 292 g/mol. The Bertz CT molecular complexity index is 471. The molecule has 1 aromatic carbocycles. The first-order chi connectivity index (χ1) is 9.58. The summed E-state index contributed by atoms with van der Waals surface area (Å²) in [5, 5.41) is 1.93. The molecule has 1 aromatic rings. The Hall–Kier alpha value is -1.50. The molecule has 2 rings (SSSR count). The van der Waals surface area contributed by atoms with Crippen LogP contribution >= 0.6 is 12.2 Å². The Balaban J connectivity index is 2.03. The van der Waals surface area contributed by atoms with Gasteiger partial charge >= 0.3 is 0 Å². The molecular weight excluding hydrogens is 272 g/mol. The highest BCUT2D eigenvalue weighted by molar-refractivity contribution is 7.80. The maximum absolute atomic E-state index is 12.4. The van der Waals surface area contributed by atoms with Crippen LogP contribution in [0.15, 0.2) is 30.3 Å². The number of carbonyl (C=O) groups excluding carboxylic acids is 1. The van der Waals surface area contributed by atoms with E-state index in [1.54, 1.807) is 0 Å². The van der Waals surface area contributed by atoms with E-state index in [-0.39, 0.29) is 10.9 Å². The third kappa shape index (κ3) is 3.75. The van der Waals surface area contributed by atoms with Crippen LogP contribution in [-0.4, -0.2) is 54.0 Å². The van der Waals surface area contributed by atoms with Crippen molar-refractivity contribution in [2.24, 2.45) is 5.73 Å². The van der Waals surface area contributed by atoms with Crippen LogP contribution < -0.4 is 11.2 Å². The number of likely N-dealkylation sites (N-methyl/N-ethyl adjacent to an activating group) is 1. The highest BCUT2D eigenvalue weighted by atomic mass is 32.1. The summed E-state index contributed by atoms with van der Waals surface area (Å²) in [4.78, 5) is 14.8. The number of nitrogens with two attached hydrogens (primary N) is 1. The summed E-state index contributed by atoms with van der Waals surface area (Å²) in [5.41, 5.74) is 9.49. The number of nitrogens with zero attached hydrogens (tertiary/aromatic N) is 2. The number of benzene rings is 1. The minimum absolute atomic E-state index is 0.159. The fourth-order valence-electron chi connectivity index (χ4n) is 2.23. The zero-order valence-corrected chi connectivity index (χ0v) is 12.4. The largest absolute Gasteiger partial charge is 0.392 e. The van der Waals surface area contributed by atoms with Gasteiger partial charge in [-0.25, -0.2) is 5.01 Å². The smallest absolute Gasteiger partial charge is 0.248 e. The Morgan fingerprint density at radius 1 is 1.25 bits per heavy atom. The lowest BCUT2D eigenvalue weighted by atomic mass is 9.98. The second-order valence-electron chi connectivity index (χ2n) is 5.01. The zero-order chi connectivity index (χ0) is 14.5. The zero-order valence-electron chi connectivity index (χ0n) is 11.6. The van der Waals surface area contributed by atoms with E-state index in [0.29, 0.717) is 0 Å². The maximum atomic E-state index is 12.4. The number of hydrogen-bond donors (Lipinski definition) is 2. The van der Waals surface area contributed by atoms with Crippen molar-refractivity contribution in [3.63, 3.8) is 0 Å². The third-order valence-corrected chi connectivity index (χ3v) is 3.69. The highest BCUT2D eigenvalue weighted by Crippen LogP contribution is 2.16. The van der Waals surface area contributed by atoms with Crippen LogP contribution in [0, 0.1) is 0 Å². The molecule has 1 saturated heterocycles. The molecule has 1 amide bonds. The monoisotopic (exact) mass is 292 g/mol. The van der Waals surface area contributed by atoms with E-state index in [4.69, 9.17) is 18.0 Å². The standard InChI is InChI=1S/C14H20N4OS/c1-17-7-9-18(10-8-17)16-14(19)12(13(15)20)11-5-3-2-4-6-11/h2-6,12H,7-10H2,1H3,(H2,15,20)(H,16,19). The lowest BCUT2D eigenvalue weighted by Crippen LogP contribution is -2.54. The second-order valence-corrected chi connectivity index (χ2v) is 5.48. The fraction of sp³-hybridized carbons (Fsp3) is 0.429. The van der Waals surface area contributed by atoms with E-state index >= 15 is 0 Å². The van der Waals surface area contributed by atoms with Gasteiger partial charge in [0.15, 0.2) is 0 Å². The van der Waals surface area contributed by atoms with Gasteiger partial charge in [-0.3, -0.25) is 10.2 Å². The van der Waals surface area contributed by atoms with Gasteiger partial charge in [-0.2, -0.15) is 0 Å². The van der Waals surface area contributed by atoms with Crippen molar-refractivity contribution < 1.29 is 4.79 Å². The summed E-state index contributed by atoms with van der Waals surface area (Å²) >= 11 is 5.05. The molecule has 0 aromatic heterocycles. The molecule has 1 atom stereocenters. The lowest BCUT2D eigenvalue weighted by molar-refractivity contribution is -0.126. The van der Waals surface area contributed by atoms with E-state index in [2.05, 4.69) is 17.4 Å². The predicted octanol–water partition coefficient (Wildman–Crippen LogP) is 0.335. The predicted molar refractivity (Wildman–Crippen MR) is 83.2 cm³/mol. The van der Waals surface area contributed by atoms with Gasteiger partial charge in [0.2, 0.25) is 5.91 Å². The summed E-state index contributed by atoms with van der Waals surface area (Å²) in [7, 11) is 2.07. The number of rotatable bonds is 4. The van der Waals surface area contributed by atoms with E-state index in [0.717, 1.165) is 31.7 Å². The minimum atomic E-state index is -0.578. The van der Waals surface area contributed by atoms with Crippen LogP contribution in [0.4, 0.5) is 0 Å². The van der Waals surface area contributed by atoms with E-state index < -0.39 is 5.92 Å². The van der Waals surface area contributed by atoms with E-state index in [1.807, 2.05) is 35.3 Å². The number of carbonyl (C=O) groups is 1. The maximum Gasteiger partial charge on any atom is 0.248 e. The van der Waals surface area contributed by atoms with Gasteiger partial charge in [0, 0.05) is 26.2 Å². The fourth-order valence-corrected chi connectivity index (χ4v) is 2.47. The summed E-state index contributed by atoms with van der Waals surface area (Å²) in [6, 6.07) is 9.40. The van der Waals surface area contributed by atoms with Gasteiger partial charge in [0.25, 0.3) is 0 Å². The topological polar surface area (TPSA) is 61.6 Å². The Kier molecular flexibility index (Phi) is 5.05. The molecule has 20 heavy (non-hydrogen) atoms. The molecule has 1 aliphatic heterocycles. The number of hydrogen-bond acceptors (Lipinski definition) is 4. The van der Waals surface area contributed by atoms with Gasteiger partial charge in [-0.15, -0.1) is 0 Å². The molecule has 3 N–H and O–H groups in total. The van der Waals surface area contributed by atoms with Crippen LogP contribution in [0.1, 0.15) is 11.5 Å². The molecule has 108 valence electrons. The molecule has 0 saturated carbocycles. The van der Waals surface area contributed by atoms with Crippen LogP contribution in [-0.2, 0) is 4.79 Å². The van der Waals surface area contributed by atoms with Crippen molar-refractivity contribution in [2.45, 2.75) is 5.92 Å². The van der Waals surface area contributed by atoms with Gasteiger partial charge in [0.1, 0.15) is 5.92 Å². The molecule has 6 heteroatoms. The molecule has 1 fully saturated rings. The van der Waals surface area contributed by atoms with Crippen molar-refractivity contribution in [3.05, 3.63) is 35.9 Å². The second kappa shape index (κ2) is 6.78. The number of thiocarbonyl (C=S) groups is 1. The van der Waals surface area contributed by atoms with Gasteiger partial charge in [-0.1, -0.05) is 42.5 Å². The van der Waals surface area contributed by atoms with Crippen LogP contribution in [0.2, 0.25) is 0 Å². The van der Waals surface area contributed by atoms with E-state index in [1.165, 1.54) is 0 Å². The summed E-state index contributed by atoms with van der Waals surface area (Å²) in [6.07, 6.45) is 0. The average Bonchev–Trinajstić information content (AvgIpc) is 2.42. The Morgan fingerprint density at radius 3 is 2.40 bits per heavy atom. The van der Waals surface area contributed by atoms with Crippen molar-refractivity contribution in [1.82, 2.24) is 15.3 Å². The first-order valence-electron chi connectivity index (χ1n) is 6.66. The Labute approximate surface area is 124 Å². The first-order valence-corrected chi connectivity index (χ1v) is 7.07. The molecule has 5 nitrogen and oxygen atoms in total. The molecule has 1 aliphatic rings. The molecule has 0 spiro atoms. The Morgan fingerprint density at radius 2 is 1.85 bits per heavy atom. The van der Waals surface area contributed by atoms with Crippen LogP contribution in [0.25, 0.3) is 0 Å². The van der Waals surface area contributed by atoms with Crippen molar-refractivity contribution in [3.8, 4) is 0 Å². The molecule has 1 heterocycles. The highest BCUT2D eigenvalue weighted by Gasteiger charge is 2.25. The van der Waals surface area contributed by atoms with Crippen molar-refractivity contribution >= 4 is 23.1 Å². The summed E-state index contributed by atoms with van der Waals surface area (Å²) < 4.78 is 0. The molecular formula is C14H20N4OS. The van der Waals surface area contributed by atoms with Crippen LogP contribution in [0.5, 0.6) is 0 Å². The van der Waals surface area contributed by atoms with Gasteiger partial charge < -0.3 is 10.6 Å². The SMILES string of the molecule is CN1CCN(NC(=O)C(C(N)=S)c2ccccc2)CC1. The number of piperazine rings is 1. The molecule has 0 radical (unpaired) electrons. The first kappa shape index (κ1) is 14.9. The summed E-state index contributed by atoms with van der Waals surface area (Å²) in [6.45, 7) is 3.48. The van der Waals surface area contributed by atoms with Gasteiger partial charge in [0.05, 0.1) is 4.99 Å². The lowest BCUT2D eigenvalue weighted by Gasteiger charge is -2.33. The van der Waals surface area contributed by atoms with Crippen molar-refractivity contribution in [2.75, 3.05) is 33.2 Å². The van der Waals surface area contributed by atoms with Gasteiger partial charge in [-0.05, 0) is 12.6 Å². The normalized spacial score (nSPS) is 18.4. The molecule has 0 bridgehead atoms. The van der Waals surface area contributed by atoms with Crippen molar-refractivity contribution in [1.29, 1.82) is 0 Å². The van der Waals surface area contributed by atoms with Crippen LogP contribution in [0.3, 0.4) is 0 Å². The third-order valence-electron chi connectivity index (χ3n) is 3.45. The van der Waals surface area contributed by atoms with E-state index in [9.17, 15) is 4.79 Å². The summed E-state index contributed by atoms with van der Waals surface area (Å²) in [5.74, 6) is -0.737.